The van der Waals surface area contributed by atoms with Gasteiger partial charge < -0.3 is 23.4 Å². The zero-order valence-corrected chi connectivity index (χ0v) is 15.7. The van der Waals surface area contributed by atoms with E-state index in [0.717, 1.165) is 12.7 Å². The fourth-order valence-electron chi connectivity index (χ4n) is 1.93. The highest BCUT2D eigenvalue weighted by molar-refractivity contribution is 6.74. The van der Waals surface area contributed by atoms with Crippen LogP contribution >= 0.6 is 0 Å². The molecule has 0 aromatic rings. The highest BCUT2D eigenvalue weighted by Crippen LogP contribution is 2.38. The van der Waals surface area contributed by atoms with Gasteiger partial charge in [-0.1, -0.05) is 20.8 Å². The summed E-state index contributed by atoms with van der Waals surface area (Å²) in [4.78, 5) is 10.4. The molecular formula is C16H30O5Si. The van der Waals surface area contributed by atoms with E-state index < -0.39 is 14.1 Å². The molecule has 1 aliphatic rings. The van der Waals surface area contributed by atoms with Gasteiger partial charge in [0, 0.05) is 13.3 Å². The normalized spacial score (nSPS) is 18.6. The van der Waals surface area contributed by atoms with Crippen molar-refractivity contribution < 1.29 is 23.4 Å². The Hall–Kier alpha value is -0.853. The fraction of sp³-hybridized carbons (Fsp3) is 0.812. The number of ether oxygens (including phenoxy) is 3. The number of carbonyl (C=O) groups excluding carboxylic acids is 1. The van der Waals surface area contributed by atoms with Crippen LogP contribution in [0.4, 0.5) is 0 Å². The summed E-state index contributed by atoms with van der Waals surface area (Å²) in [5.41, 5.74) is 0. The van der Waals surface area contributed by atoms with E-state index in [1.54, 1.807) is 12.5 Å². The van der Waals surface area contributed by atoms with Crippen molar-refractivity contribution in [2.75, 3.05) is 13.2 Å². The molecule has 0 amide bonds. The van der Waals surface area contributed by atoms with E-state index in [9.17, 15) is 4.79 Å². The summed E-state index contributed by atoms with van der Waals surface area (Å²) < 4.78 is 22.7. The average Bonchev–Trinajstić information content (AvgIpc) is 2.82. The minimum Gasteiger partial charge on any atom is -0.457 e. The van der Waals surface area contributed by atoms with Crippen LogP contribution in [-0.4, -0.2) is 39.7 Å². The third-order valence-electron chi connectivity index (χ3n) is 4.37. The maximum Gasteiger partial charge on any atom is 0.247 e. The maximum absolute atomic E-state index is 10.4. The van der Waals surface area contributed by atoms with Crippen molar-refractivity contribution in [2.24, 2.45) is 0 Å². The van der Waals surface area contributed by atoms with Gasteiger partial charge in [-0.2, -0.15) is 0 Å². The van der Waals surface area contributed by atoms with Crippen molar-refractivity contribution >= 4 is 14.6 Å². The summed E-state index contributed by atoms with van der Waals surface area (Å²) in [5.74, 6) is -0.625. The SMILES string of the molecule is CC1(CC[C@@H](COCC=O)O[Si](C)(C)C(C)(C)C)OC=CO1. The van der Waals surface area contributed by atoms with E-state index in [1.165, 1.54) is 0 Å². The van der Waals surface area contributed by atoms with Crippen LogP contribution in [0.3, 0.4) is 0 Å². The van der Waals surface area contributed by atoms with Crippen molar-refractivity contribution in [1.29, 1.82) is 0 Å². The number of hydrogen-bond acceptors (Lipinski definition) is 5. The minimum absolute atomic E-state index is 0.0644. The summed E-state index contributed by atoms with van der Waals surface area (Å²) in [6, 6.07) is 0. The lowest BCUT2D eigenvalue weighted by atomic mass is 10.1. The molecule has 1 atom stereocenters. The first kappa shape index (κ1) is 19.2. The van der Waals surface area contributed by atoms with Crippen molar-refractivity contribution in [3.63, 3.8) is 0 Å². The second-order valence-corrected chi connectivity index (χ2v) is 12.1. The van der Waals surface area contributed by atoms with Gasteiger partial charge in [0.25, 0.3) is 0 Å². The van der Waals surface area contributed by atoms with E-state index in [4.69, 9.17) is 18.6 Å². The van der Waals surface area contributed by atoms with E-state index in [-0.39, 0.29) is 17.7 Å². The van der Waals surface area contributed by atoms with Gasteiger partial charge in [0.05, 0.1) is 12.7 Å². The van der Waals surface area contributed by atoms with Gasteiger partial charge in [-0.05, 0) is 24.6 Å². The maximum atomic E-state index is 10.4. The molecule has 22 heavy (non-hydrogen) atoms. The van der Waals surface area contributed by atoms with Crippen LogP contribution in [0, 0.1) is 0 Å². The van der Waals surface area contributed by atoms with Crippen LogP contribution in [0.1, 0.15) is 40.5 Å². The summed E-state index contributed by atoms with van der Waals surface area (Å²) in [6.07, 6.45) is 5.27. The lowest BCUT2D eigenvalue weighted by Gasteiger charge is -2.39. The van der Waals surface area contributed by atoms with Gasteiger partial charge in [-0.15, -0.1) is 0 Å². The van der Waals surface area contributed by atoms with E-state index in [2.05, 4.69) is 33.9 Å². The Balaban J connectivity index is 2.60. The average molecular weight is 330 g/mol. The zero-order valence-electron chi connectivity index (χ0n) is 14.7. The molecule has 128 valence electrons. The predicted octanol–water partition coefficient (Wildman–Crippen LogP) is 3.61. The summed E-state index contributed by atoms with van der Waals surface area (Å²) >= 11 is 0. The van der Waals surface area contributed by atoms with Gasteiger partial charge in [-0.25, -0.2) is 0 Å². The van der Waals surface area contributed by atoms with Crippen LogP contribution in [0.25, 0.3) is 0 Å². The minimum atomic E-state index is -1.89. The zero-order chi connectivity index (χ0) is 16.9. The van der Waals surface area contributed by atoms with Crippen LogP contribution < -0.4 is 0 Å². The molecule has 0 fully saturated rings. The molecule has 6 heteroatoms. The summed E-state index contributed by atoms with van der Waals surface area (Å²) in [5, 5.41) is 0.127. The monoisotopic (exact) mass is 330 g/mol. The molecule has 0 saturated heterocycles. The van der Waals surface area contributed by atoms with Gasteiger partial charge in [0.2, 0.25) is 5.79 Å². The molecule has 1 rings (SSSR count). The van der Waals surface area contributed by atoms with Crippen molar-refractivity contribution in [3.8, 4) is 0 Å². The Morgan fingerprint density at radius 3 is 2.36 bits per heavy atom. The third kappa shape index (κ3) is 5.74. The Labute approximate surface area is 135 Å². The molecule has 0 unspecified atom stereocenters. The first-order valence-corrected chi connectivity index (χ1v) is 10.7. The summed E-state index contributed by atoms with van der Waals surface area (Å²) in [6.45, 7) is 13.5. The van der Waals surface area contributed by atoms with Crippen molar-refractivity contribution in [2.45, 2.75) is 70.6 Å². The van der Waals surface area contributed by atoms with Gasteiger partial charge in [-0.3, -0.25) is 0 Å². The molecule has 0 aromatic heterocycles. The molecule has 0 bridgehead atoms. The quantitative estimate of drug-likeness (QED) is 0.367. The lowest BCUT2D eigenvalue weighted by molar-refractivity contribution is -0.137. The van der Waals surface area contributed by atoms with Crippen LogP contribution in [0.2, 0.25) is 18.1 Å². The molecule has 0 aliphatic carbocycles. The Bertz CT molecular complexity index is 378. The van der Waals surface area contributed by atoms with Crippen LogP contribution in [0.5, 0.6) is 0 Å². The molecule has 0 N–H and O–H groups in total. The van der Waals surface area contributed by atoms with Crippen LogP contribution in [-0.2, 0) is 23.4 Å². The molecule has 0 radical (unpaired) electrons. The molecule has 1 aliphatic heterocycles. The van der Waals surface area contributed by atoms with Gasteiger partial charge in [0.15, 0.2) is 8.32 Å². The highest BCUT2D eigenvalue weighted by atomic mass is 28.4. The van der Waals surface area contributed by atoms with Crippen molar-refractivity contribution in [3.05, 3.63) is 12.5 Å². The van der Waals surface area contributed by atoms with Gasteiger partial charge >= 0.3 is 0 Å². The number of carbonyl (C=O) groups is 1. The Kier molecular flexibility index (Phi) is 6.64. The molecule has 5 nitrogen and oxygen atoms in total. The second kappa shape index (κ2) is 7.61. The molecular weight excluding hydrogens is 300 g/mol. The third-order valence-corrected chi connectivity index (χ3v) is 8.90. The fourth-order valence-corrected chi connectivity index (χ4v) is 3.30. The largest absolute Gasteiger partial charge is 0.457 e. The smallest absolute Gasteiger partial charge is 0.247 e. The highest BCUT2D eigenvalue weighted by Gasteiger charge is 2.40. The molecule has 0 saturated carbocycles. The topological polar surface area (TPSA) is 54.0 Å². The Morgan fingerprint density at radius 1 is 1.27 bits per heavy atom. The first-order chi connectivity index (χ1) is 10.1. The van der Waals surface area contributed by atoms with Crippen LogP contribution in [0.15, 0.2) is 12.5 Å². The second-order valence-electron chi connectivity index (χ2n) is 7.38. The Morgan fingerprint density at radius 2 is 1.86 bits per heavy atom. The predicted molar refractivity (Wildman–Crippen MR) is 87.9 cm³/mol. The molecule has 0 spiro atoms. The summed E-state index contributed by atoms with van der Waals surface area (Å²) in [7, 11) is -1.89. The van der Waals surface area contributed by atoms with Gasteiger partial charge in [0.1, 0.15) is 25.4 Å². The number of rotatable bonds is 9. The number of aldehydes is 1. The molecule has 0 aromatic carbocycles. The van der Waals surface area contributed by atoms with E-state index >= 15 is 0 Å². The van der Waals surface area contributed by atoms with Crippen molar-refractivity contribution in [1.82, 2.24) is 0 Å². The first-order valence-electron chi connectivity index (χ1n) is 7.79. The van der Waals surface area contributed by atoms with E-state index in [1.807, 2.05) is 6.92 Å². The molecule has 1 heterocycles. The lowest BCUT2D eigenvalue weighted by Crippen LogP contribution is -2.45. The van der Waals surface area contributed by atoms with E-state index in [0.29, 0.717) is 13.0 Å². The standard InChI is InChI=1S/C16H30O5Si/c1-15(2,3)22(5,6)21-14(13-18-10-9-17)7-8-16(4)19-11-12-20-16/h9,11-12,14H,7-8,10,13H2,1-6H3/t14-/m0/s1. The number of hydrogen-bond donors (Lipinski definition) is 0.